The van der Waals surface area contributed by atoms with Crippen molar-refractivity contribution < 1.29 is 14.3 Å². The number of nitrogens with zero attached hydrogens (tertiary/aromatic N) is 2. The van der Waals surface area contributed by atoms with Gasteiger partial charge in [-0.15, -0.1) is 0 Å². The maximum atomic E-state index is 12.7. The van der Waals surface area contributed by atoms with Gasteiger partial charge in [0.15, 0.2) is 5.82 Å². The number of hydrogen-bond acceptors (Lipinski definition) is 7. The quantitative estimate of drug-likeness (QED) is 0.292. The fourth-order valence-corrected chi connectivity index (χ4v) is 2.95. The number of carbonyl (C=O) groups is 2. The Morgan fingerprint density at radius 2 is 1.84 bits per heavy atom. The van der Waals surface area contributed by atoms with E-state index in [1.54, 1.807) is 26.0 Å². The third-order valence-corrected chi connectivity index (χ3v) is 4.63. The number of benzene rings is 2. The second-order valence-electron chi connectivity index (χ2n) is 7.55. The molecule has 0 spiro atoms. The third-order valence-electron chi connectivity index (χ3n) is 4.63. The van der Waals surface area contributed by atoms with Gasteiger partial charge in [0.2, 0.25) is 5.91 Å². The molecule has 0 atom stereocenters. The van der Waals surface area contributed by atoms with E-state index < -0.39 is 11.5 Å². The maximum Gasteiger partial charge on any atom is 0.313 e. The molecule has 166 valence electrons. The number of nitrogens with one attached hydrogen (secondary N) is 1. The average molecular weight is 435 g/mol. The molecule has 9 heteroatoms. The number of aromatic nitrogens is 2. The van der Waals surface area contributed by atoms with Gasteiger partial charge in [-0.3, -0.25) is 19.0 Å². The smallest absolute Gasteiger partial charge is 0.313 e. The second-order valence-corrected chi connectivity index (χ2v) is 7.55. The van der Waals surface area contributed by atoms with Crippen LogP contribution in [0.25, 0.3) is 11.3 Å². The Morgan fingerprint density at radius 3 is 2.53 bits per heavy atom. The Kier molecular flexibility index (Phi) is 6.89. The number of nitrogen functional groups attached to an aromatic ring is 2. The first-order valence-electron chi connectivity index (χ1n) is 10.0. The topological polar surface area (TPSA) is 142 Å². The zero-order valence-corrected chi connectivity index (χ0v) is 17.9. The fourth-order valence-electron chi connectivity index (χ4n) is 2.95. The summed E-state index contributed by atoms with van der Waals surface area (Å²) in [6.07, 6.45) is 1.38. The summed E-state index contributed by atoms with van der Waals surface area (Å²) in [6, 6.07) is 14.1. The summed E-state index contributed by atoms with van der Waals surface area (Å²) in [5.74, 6) is -1.14. The Bertz CT molecular complexity index is 1190. The molecular formula is C23H25N5O4. The van der Waals surface area contributed by atoms with Crippen LogP contribution >= 0.6 is 0 Å². The minimum atomic E-state index is -0.611. The molecule has 0 unspecified atom stereocenters. The fraction of sp³-hybridized carbons (Fsp3) is 0.217. The van der Waals surface area contributed by atoms with E-state index in [1.165, 1.54) is 16.8 Å². The van der Waals surface area contributed by atoms with Crippen LogP contribution in [-0.4, -0.2) is 21.4 Å². The van der Waals surface area contributed by atoms with E-state index in [1.807, 2.05) is 30.3 Å². The van der Waals surface area contributed by atoms with E-state index in [2.05, 4.69) is 10.3 Å². The highest BCUT2D eigenvalue weighted by Gasteiger charge is 2.16. The van der Waals surface area contributed by atoms with Crippen LogP contribution in [0.3, 0.4) is 0 Å². The molecule has 2 aromatic carbocycles. The van der Waals surface area contributed by atoms with Crippen molar-refractivity contribution in [2.45, 2.75) is 26.9 Å². The molecule has 0 aliphatic heterocycles. The lowest BCUT2D eigenvalue weighted by atomic mass is 10.1. The van der Waals surface area contributed by atoms with E-state index in [-0.39, 0.29) is 29.9 Å². The molecule has 32 heavy (non-hydrogen) atoms. The van der Waals surface area contributed by atoms with Crippen molar-refractivity contribution in [3.8, 4) is 17.0 Å². The molecule has 1 amide bonds. The monoisotopic (exact) mass is 435 g/mol. The number of rotatable bonds is 7. The highest BCUT2D eigenvalue weighted by atomic mass is 16.5. The van der Waals surface area contributed by atoms with Crippen molar-refractivity contribution in [1.82, 2.24) is 14.9 Å². The van der Waals surface area contributed by atoms with Crippen molar-refractivity contribution in [2.75, 3.05) is 11.5 Å². The van der Waals surface area contributed by atoms with Crippen molar-refractivity contribution in [2.24, 2.45) is 5.92 Å². The highest BCUT2D eigenvalue weighted by molar-refractivity contribution is 5.78. The van der Waals surface area contributed by atoms with E-state index in [0.29, 0.717) is 23.5 Å². The van der Waals surface area contributed by atoms with Gasteiger partial charge in [-0.05, 0) is 17.7 Å². The number of ether oxygens (including phenoxy) is 1. The molecule has 0 aliphatic rings. The van der Waals surface area contributed by atoms with Crippen LogP contribution in [-0.2, 0) is 22.7 Å². The minimum Gasteiger partial charge on any atom is -0.426 e. The maximum absolute atomic E-state index is 12.7. The second kappa shape index (κ2) is 9.78. The Hall–Kier alpha value is -4.14. The molecule has 0 bridgehead atoms. The summed E-state index contributed by atoms with van der Waals surface area (Å²) >= 11 is 0. The predicted molar refractivity (Wildman–Crippen MR) is 122 cm³/mol. The summed E-state index contributed by atoms with van der Waals surface area (Å²) in [6.45, 7) is 3.47. The third kappa shape index (κ3) is 5.51. The van der Waals surface area contributed by atoms with Crippen molar-refractivity contribution >= 4 is 23.4 Å². The van der Waals surface area contributed by atoms with Gasteiger partial charge in [0, 0.05) is 23.9 Å². The molecule has 0 aliphatic carbocycles. The number of carbonyl (C=O) groups excluding carboxylic acids is 2. The minimum absolute atomic E-state index is 0.225. The first kappa shape index (κ1) is 22.5. The summed E-state index contributed by atoms with van der Waals surface area (Å²) in [5, 5.41) is 2.78. The van der Waals surface area contributed by atoms with Gasteiger partial charge in [-0.1, -0.05) is 44.2 Å². The number of nitrogens with two attached hydrogens (primary N) is 2. The average Bonchev–Trinajstić information content (AvgIpc) is 2.76. The van der Waals surface area contributed by atoms with Crippen LogP contribution in [0.15, 0.2) is 59.5 Å². The molecule has 9 nitrogen and oxygen atoms in total. The standard InChI is InChI=1S/C23H25N5O4/c1-14(2)23(31)32-18-9-16(8-17(24)10-18)19-12-27-21(25)22(30)28(19)13-20(29)26-11-15-6-4-3-5-7-15/h3-10,12,14H,11,13,24H2,1-2H3,(H2,25,27)(H,26,29). The first-order valence-corrected chi connectivity index (χ1v) is 10.0. The van der Waals surface area contributed by atoms with Crippen LogP contribution < -0.4 is 27.1 Å². The van der Waals surface area contributed by atoms with Gasteiger partial charge in [0.05, 0.1) is 17.8 Å². The van der Waals surface area contributed by atoms with Gasteiger partial charge in [0.25, 0.3) is 5.56 Å². The summed E-state index contributed by atoms with van der Waals surface area (Å²) in [4.78, 5) is 41.2. The van der Waals surface area contributed by atoms with Crippen LogP contribution in [0.5, 0.6) is 5.75 Å². The molecule has 0 radical (unpaired) electrons. The SMILES string of the molecule is CC(C)C(=O)Oc1cc(N)cc(-c2cnc(N)c(=O)n2CC(=O)NCc2ccccc2)c1. The van der Waals surface area contributed by atoms with E-state index in [9.17, 15) is 14.4 Å². The molecule has 1 heterocycles. The zero-order valence-electron chi connectivity index (χ0n) is 17.9. The molecule has 0 saturated carbocycles. The van der Waals surface area contributed by atoms with E-state index in [0.717, 1.165) is 5.56 Å². The van der Waals surface area contributed by atoms with Gasteiger partial charge in [-0.2, -0.15) is 0 Å². The van der Waals surface area contributed by atoms with Crippen molar-refractivity contribution in [3.63, 3.8) is 0 Å². The molecule has 0 fully saturated rings. The number of hydrogen-bond donors (Lipinski definition) is 3. The lowest BCUT2D eigenvalue weighted by Gasteiger charge is -2.15. The molecular weight excluding hydrogens is 410 g/mol. The number of anilines is 2. The molecule has 3 aromatic rings. The molecule has 1 aromatic heterocycles. The number of amides is 1. The highest BCUT2D eigenvalue weighted by Crippen LogP contribution is 2.27. The van der Waals surface area contributed by atoms with Crippen LogP contribution in [0.1, 0.15) is 19.4 Å². The predicted octanol–water partition coefficient (Wildman–Crippen LogP) is 1.95. The summed E-state index contributed by atoms with van der Waals surface area (Å²) in [7, 11) is 0. The lowest BCUT2D eigenvalue weighted by molar-refractivity contribution is -0.137. The largest absolute Gasteiger partial charge is 0.426 e. The van der Waals surface area contributed by atoms with Gasteiger partial charge >= 0.3 is 5.97 Å². The van der Waals surface area contributed by atoms with Gasteiger partial charge in [-0.25, -0.2) is 4.98 Å². The van der Waals surface area contributed by atoms with Crippen molar-refractivity contribution in [1.29, 1.82) is 0 Å². The van der Waals surface area contributed by atoms with E-state index >= 15 is 0 Å². The van der Waals surface area contributed by atoms with Crippen LogP contribution in [0.4, 0.5) is 11.5 Å². The Balaban J connectivity index is 1.90. The Labute approximate surface area is 185 Å². The van der Waals surface area contributed by atoms with E-state index in [4.69, 9.17) is 16.2 Å². The molecule has 3 rings (SSSR count). The molecule has 0 saturated heterocycles. The van der Waals surface area contributed by atoms with Crippen molar-refractivity contribution in [3.05, 3.63) is 70.6 Å². The van der Waals surface area contributed by atoms with Crippen LogP contribution in [0.2, 0.25) is 0 Å². The number of esters is 1. The lowest BCUT2D eigenvalue weighted by Crippen LogP contribution is -2.34. The summed E-state index contributed by atoms with van der Waals surface area (Å²) in [5.41, 5.74) is 13.1. The molecule has 5 N–H and O–H groups in total. The van der Waals surface area contributed by atoms with Gasteiger partial charge in [0.1, 0.15) is 12.3 Å². The zero-order chi connectivity index (χ0) is 23.3. The summed E-state index contributed by atoms with van der Waals surface area (Å²) < 4.78 is 6.56. The first-order chi connectivity index (χ1) is 15.2. The van der Waals surface area contributed by atoms with Gasteiger partial charge < -0.3 is 21.5 Å². The normalized spacial score (nSPS) is 10.7. The van der Waals surface area contributed by atoms with Crippen LogP contribution in [0, 0.1) is 5.92 Å². The Morgan fingerprint density at radius 1 is 1.12 bits per heavy atom.